The quantitative estimate of drug-likeness (QED) is 0.472. The normalized spacial score (nSPS) is 11.8. The van der Waals surface area contributed by atoms with Crippen molar-refractivity contribution in [1.29, 1.82) is 0 Å². The number of fused-ring (bicyclic) bond motifs is 1. The van der Waals surface area contributed by atoms with E-state index in [0.29, 0.717) is 5.95 Å². The minimum absolute atomic E-state index is 0.103. The molecule has 0 radical (unpaired) electrons. The molecule has 0 unspecified atom stereocenters. The third kappa shape index (κ3) is 4.72. The van der Waals surface area contributed by atoms with Crippen LogP contribution >= 0.6 is 0 Å². The Morgan fingerprint density at radius 3 is 2.52 bits per heavy atom. The number of imidazole rings is 1. The number of pyridine rings is 1. The number of anilines is 1. The van der Waals surface area contributed by atoms with E-state index in [4.69, 9.17) is 9.97 Å². The SMILES string of the molecule is CNCc1ccn2c(-c3ccnc(NCC(C)(C)C)n3)c(-c3ccc(F)cc3)nc2c1. The van der Waals surface area contributed by atoms with E-state index in [0.717, 1.165) is 46.9 Å². The summed E-state index contributed by atoms with van der Waals surface area (Å²) in [5.41, 5.74) is 5.22. The van der Waals surface area contributed by atoms with Gasteiger partial charge in [-0.1, -0.05) is 20.8 Å². The van der Waals surface area contributed by atoms with E-state index in [1.807, 2.05) is 29.8 Å². The number of aromatic nitrogens is 4. The molecule has 2 N–H and O–H groups in total. The smallest absolute Gasteiger partial charge is 0.223 e. The lowest BCUT2D eigenvalue weighted by Crippen LogP contribution is -2.20. The van der Waals surface area contributed by atoms with Crippen molar-refractivity contribution in [2.45, 2.75) is 27.3 Å². The Hall–Kier alpha value is -3.32. The molecule has 3 heterocycles. The van der Waals surface area contributed by atoms with Gasteiger partial charge in [-0.15, -0.1) is 0 Å². The molecular weight excluding hydrogens is 391 g/mol. The highest BCUT2D eigenvalue weighted by Crippen LogP contribution is 2.32. The van der Waals surface area contributed by atoms with Crippen molar-refractivity contribution < 1.29 is 4.39 Å². The summed E-state index contributed by atoms with van der Waals surface area (Å²) in [6.07, 6.45) is 3.75. The number of nitrogens with zero attached hydrogens (tertiary/aromatic N) is 4. The van der Waals surface area contributed by atoms with Gasteiger partial charge in [0.15, 0.2) is 0 Å². The predicted molar refractivity (Wildman–Crippen MR) is 122 cm³/mol. The largest absolute Gasteiger partial charge is 0.354 e. The van der Waals surface area contributed by atoms with Gasteiger partial charge < -0.3 is 10.6 Å². The van der Waals surface area contributed by atoms with Crippen molar-refractivity contribution in [3.8, 4) is 22.6 Å². The molecule has 4 aromatic rings. The number of hydrogen-bond donors (Lipinski definition) is 2. The molecule has 0 aliphatic rings. The van der Waals surface area contributed by atoms with E-state index >= 15 is 0 Å². The highest BCUT2D eigenvalue weighted by atomic mass is 19.1. The van der Waals surface area contributed by atoms with Gasteiger partial charge in [0.25, 0.3) is 0 Å². The lowest BCUT2D eigenvalue weighted by molar-refractivity contribution is 0.442. The van der Waals surface area contributed by atoms with Gasteiger partial charge in [-0.05, 0) is 60.5 Å². The first-order chi connectivity index (χ1) is 14.8. The monoisotopic (exact) mass is 418 g/mol. The summed E-state index contributed by atoms with van der Waals surface area (Å²) in [5, 5.41) is 6.48. The molecule has 6 nitrogen and oxygen atoms in total. The summed E-state index contributed by atoms with van der Waals surface area (Å²) in [7, 11) is 1.91. The van der Waals surface area contributed by atoms with E-state index in [1.54, 1.807) is 18.3 Å². The Bertz CT molecular complexity index is 1190. The number of hydrogen-bond acceptors (Lipinski definition) is 5. The molecule has 0 bridgehead atoms. The molecule has 0 atom stereocenters. The Balaban J connectivity index is 1.85. The van der Waals surface area contributed by atoms with Crippen LogP contribution in [0.3, 0.4) is 0 Å². The van der Waals surface area contributed by atoms with Gasteiger partial charge >= 0.3 is 0 Å². The Kier molecular flexibility index (Phi) is 5.69. The standard InChI is InChI=1S/C24H27FN6/c1-24(2,3)15-28-23-27-11-9-19(29-23)22-21(17-5-7-18(25)8-6-17)30-20-13-16(14-26-4)10-12-31(20)22/h5-13,26H,14-15H2,1-4H3,(H,27,28,29). The number of benzene rings is 1. The fourth-order valence-electron chi connectivity index (χ4n) is 3.37. The van der Waals surface area contributed by atoms with Crippen LogP contribution in [0.15, 0.2) is 54.9 Å². The molecule has 3 aromatic heterocycles. The van der Waals surface area contributed by atoms with Crippen molar-refractivity contribution in [1.82, 2.24) is 24.7 Å². The minimum atomic E-state index is -0.277. The zero-order chi connectivity index (χ0) is 22.0. The molecule has 7 heteroatoms. The van der Waals surface area contributed by atoms with Crippen LogP contribution in [0.1, 0.15) is 26.3 Å². The second kappa shape index (κ2) is 8.43. The third-order valence-corrected chi connectivity index (χ3v) is 4.86. The maximum Gasteiger partial charge on any atom is 0.223 e. The summed E-state index contributed by atoms with van der Waals surface area (Å²) >= 11 is 0. The van der Waals surface area contributed by atoms with Crippen LogP contribution in [0.5, 0.6) is 0 Å². The fraction of sp³-hybridized carbons (Fsp3) is 0.292. The third-order valence-electron chi connectivity index (χ3n) is 4.86. The van der Waals surface area contributed by atoms with E-state index in [9.17, 15) is 4.39 Å². The highest BCUT2D eigenvalue weighted by molar-refractivity contribution is 5.80. The van der Waals surface area contributed by atoms with Crippen LogP contribution < -0.4 is 10.6 Å². The minimum Gasteiger partial charge on any atom is -0.354 e. The maximum absolute atomic E-state index is 13.5. The molecule has 0 aliphatic heterocycles. The summed E-state index contributed by atoms with van der Waals surface area (Å²) in [4.78, 5) is 14.0. The number of halogens is 1. The van der Waals surface area contributed by atoms with Crippen molar-refractivity contribution in [3.05, 3.63) is 66.2 Å². The second-order valence-electron chi connectivity index (χ2n) is 8.79. The first-order valence-electron chi connectivity index (χ1n) is 10.3. The van der Waals surface area contributed by atoms with Crippen LogP contribution in [0.2, 0.25) is 0 Å². The van der Waals surface area contributed by atoms with Crippen LogP contribution in [-0.2, 0) is 6.54 Å². The molecule has 0 amide bonds. The summed E-state index contributed by atoms with van der Waals surface area (Å²) in [5.74, 6) is 0.292. The molecule has 160 valence electrons. The van der Waals surface area contributed by atoms with Crippen molar-refractivity contribution >= 4 is 11.6 Å². The predicted octanol–water partition coefficient (Wildman–Crippen LogP) is 4.77. The lowest BCUT2D eigenvalue weighted by Gasteiger charge is -2.18. The Morgan fingerprint density at radius 1 is 1.03 bits per heavy atom. The zero-order valence-electron chi connectivity index (χ0n) is 18.3. The second-order valence-corrected chi connectivity index (χ2v) is 8.79. The van der Waals surface area contributed by atoms with Crippen molar-refractivity contribution in [2.75, 3.05) is 18.9 Å². The number of nitrogens with one attached hydrogen (secondary N) is 2. The number of rotatable bonds is 6. The van der Waals surface area contributed by atoms with Gasteiger partial charge in [0.1, 0.15) is 11.5 Å². The molecule has 0 aliphatic carbocycles. The van der Waals surface area contributed by atoms with Crippen molar-refractivity contribution in [2.24, 2.45) is 5.41 Å². The van der Waals surface area contributed by atoms with E-state index in [1.165, 1.54) is 12.1 Å². The molecule has 0 saturated heterocycles. The molecule has 4 rings (SSSR count). The van der Waals surface area contributed by atoms with Gasteiger partial charge in [-0.3, -0.25) is 4.40 Å². The zero-order valence-corrected chi connectivity index (χ0v) is 18.3. The van der Waals surface area contributed by atoms with Gasteiger partial charge in [-0.2, -0.15) is 0 Å². The van der Waals surface area contributed by atoms with Crippen LogP contribution in [0.25, 0.3) is 28.3 Å². The van der Waals surface area contributed by atoms with Crippen LogP contribution in [0, 0.1) is 11.2 Å². The summed E-state index contributed by atoms with van der Waals surface area (Å²) in [6, 6.07) is 12.4. The molecule has 0 spiro atoms. The van der Waals surface area contributed by atoms with Gasteiger partial charge in [0.05, 0.1) is 17.1 Å². The first-order valence-corrected chi connectivity index (χ1v) is 10.3. The first kappa shape index (κ1) is 20.9. The van der Waals surface area contributed by atoms with Crippen LogP contribution in [-0.4, -0.2) is 32.9 Å². The summed E-state index contributed by atoms with van der Waals surface area (Å²) in [6.45, 7) is 7.97. The average Bonchev–Trinajstić information content (AvgIpc) is 3.11. The van der Waals surface area contributed by atoms with Crippen LogP contribution in [0.4, 0.5) is 10.3 Å². The molecule has 31 heavy (non-hydrogen) atoms. The van der Waals surface area contributed by atoms with Gasteiger partial charge in [-0.25, -0.2) is 19.3 Å². The molecule has 0 saturated carbocycles. The van der Waals surface area contributed by atoms with Crippen molar-refractivity contribution in [3.63, 3.8) is 0 Å². The topological polar surface area (TPSA) is 67.1 Å². The fourth-order valence-corrected chi connectivity index (χ4v) is 3.37. The van der Waals surface area contributed by atoms with E-state index < -0.39 is 0 Å². The molecular formula is C24H27FN6. The Morgan fingerprint density at radius 2 is 1.81 bits per heavy atom. The summed E-state index contributed by atoms with van der Waals surface area (Å²) < 4.78 is 15.6. The molecule has 1 aromatic carbocycles. The lowest BCUT2D eigenvalue weighted by atomic mass is 9.97. The molecule has 0 fully saturated rings. The van der Waals surface area contributed by atoms with E-state index in [2.05, 4.69) is 42.5 Å². The highest BCUT2D eigenvalue weighted by Gasteiger charge is 2.19. The van der Waals surface area contributed by atoms with E-state index in [-0.39, 0.29) is 11.2 Å². The van der Waals surface area contributed by atoms with Gasteiger partial charge in [0, 0.05) is 31.0 Å². The average molecular weight is 419 g/mol. The van der Waals surface area contributed by atoms with Gasteiger partial charge in [0.2, 0.25) is 5.95 Å². The maximum atomic E-state index is 13.5. The Labute approximate surface area is 181 Å².